The second kappa shape index (κ2) is 8.84. The zero-order valence-electron chi connectivity index (χ0n) is 17.7. The smallest absolute Gasteiger partial charge is 0.416 e. The van der Waals surface area contributed by atoms with Gasteiger partial charge in [-0.1, -0.05) is 19.3 Å². The molecule has 8 heteroatoms. The van der Waals surface area contributed by atoms with E-state index in [0.717, 1.165) is 55.5 Å². The highest BCUT2D eigenvalue weighted by atomic mass is 19.4. The van der Waals surface area contributed by atoms with Crippen LogP contribution in [0.15, 0.2) is 42.5 Å². The van der Waals surface area contributed by atoms with Gasteiger partial charge in [0.1, 0.15) is 5.75 Å². The molecule has 2 aromatic rings. The Kier molecular flexibility index (Phi) is 6.13. The highest BCUT2D eigenvalue weighted by Gasteiger charge is 2.33. The van der Waals surface area contributed by atoms with Crippen molar-refractivity contribution >= 4 is 17.5 Å². The molecule has 1 saturated carbocycles. The Morgan fingerprint density at radius 3 is 2.41 bits per heavy atom. The van der Waals surface area contributed by atoms with Crippen LogP contribution >= 0.6 is 0 Å². The van der Waals surface area contributed by atoms with Gasteiger partial charge in [0.2, 0.25) is 0 Å². The molecule has 2 aromatic carbocycles. The minimum atomic E-state index is -4.45. The molecule has 4 rings (SSSR count). The molecule has 2 amide bonds. The van der Waals surface area contributed by atoms with Gasteiger partial charge in [-0.2, -0.15) is 13.2 Å². The first-order valence-electron chi connectivity index (χ1n) is 10.8. The molecule has 170 valence electrons. The highest BCUT2D eigenvalue weighted by Crippen LogP contribution is 2.33. The lowest BCUT2D eigenvalue weighted by Crippen LogP contribution is -2.45. The summed E-state index contributed by atoms with van der Waals surface area (Å²) in [4.78, 5) is 27.3. The number of nitrogens with zero attached hydrogens (tertiary/aromatic N) is 1. The van der Waals surface area contributed by atoms with Crippen molar-refractivity contribution < 1.29 is 27.5 Å². The number of halogens is 3. The van der Waals surface area contributed by atoms with Crippen molar-refractivity contribution in [2.75, 3.05) is 5.32 Å². The predicted octanol–water partition coefficient (Wildman–Crippen LogP) is 5.40. The Morgan fingerprint density at radius 2 is 1.75 bits per heavy atom. The zero-order valence-corrected chi connectivity index (χ0v) is 17.7. The maximum absolute atomic E-state index is 12.9. The minimum absolute atomic E-state index is 0.0385. The third-order valence-corrected chi connectivity index (χ3v) is 6.08. The van der Waals surface area contributed by atoms with Crippen LogP contribution in [-0.4, -0.2) is 28.9 Å². The lowest BCUT2D eigenvalue weighted by Gasteiger charge is -2.34. The first kappa shape index (κ1) is 22.2. The largest absolute Gasteiger partial charge is 0.481 e. The van der Waals surface area contributed by atoms with E-state index in [9.17, 15) is 22.8 Å². The van der Waals surface area contributed by atoms with Gasteiger partial charge in [-0.25, -0.2) is 0 Å². The summed E-state index contributed by atoms with van der Waals surface area (Å²) < 4.78 is 44.1. The molecule has 0 spiro atoms. The first-order chi connectivity index (χ1) is 15.2. The van der Waals surface area contributed by atoms with E-state index in [-0.39, 0.29) is 17.5 Å². The molecule has 0 saturated heterocycles. The Hall–Kier alpha value is -3.03. The summed E-state index contributed by atoms with van der Waals surface area (Å²) >= 11 is 0. The molecule has 1 unspecified atom stereocenters. The first-order valence-corrected chi connectivity index (χ1v) is 10.8. The summed E-state index contributed by atoms with van der Waals surface area (Å²) in [5.41, 5.74) is 0.594. The second-order valence-corrected chi connectivity index (χ2v) is 8.37. The van der Waals surface area contributed by atoms with Gasteiger partial charge in [-0.3, -0.25) is 9.59 Å². The van der Waals surface area contributed by atoms with Crippen LogP contribution in [0, 0.1) is 0 Å². The van der Waals surface area contributed by atoms with Crippen molar-refractivity contribution in [2.45, 2.75) is 63.9 Å². The fourth-order valence-corrected chi connectivity index (χ4v) is 4.35. The lowest BCUT2D eigenvalue weighted by molar-refractivity contribution is -0.140. The molecule has 1 heterocycles. The van der Waals surface area contributed by atoms with Gasteiger partial charge in [0.25, 0.3) is 11.8 Å². The van der Waals surface area contributed by atoms with Crippen molar-refractivity contribution in [3.05, 3.63) is 59.2 Å². The van der Waals surface area contributed by atoms with E-state index in [0.29, 0.717) is 18.0 Å². The third kappa shape index (κ3) is 4.74. The van der Waals surface area contributed by atoms with E-state index in [1.165, 1.54) is 6.42 Å². The SMILES string of the molecule is CC1Oc2ccc(NC(=O)c3ccc(C(F)(F)F)cc3)cc2CN(C2CCCCC2)C1=O. The van der Waals surface area contributed by atoms with Crippen molar-refractivity contribution in [3.63, 3.8) is 0 Å². The van der Waals surface area contributed by atoms with Crippen molar-refractivity contribution in [2.24, 2.45) is 0 Å². The van der Waals surface area contributed by atoms with E-state index in [1.807, 2.05) is 4.90 Å². The Balaban J connectivity index is 1.53. The molecular weight excluding hydrogens is 421 g/mol. The van der Waals surface area contributed by atoms with Gasteiger partial charge in [0.15, 0.2) is 6.10 Å². The number of hydrogen-bond donors (Lipinski definition) is 1. The van der Waals surface area contributed by atoms with Crippen LogP contribution in [0.4, 0.5) is 18.9 Å². The molecular formula is C24H25F3N2O3. The molecule has 1 aliphatic carbocycles. The van der Waals surface area contributed by atoms with E-state index in [4.69, 9.17) is 4.74 Å². The summed E-state index contributed by atoms with van der Waals surface area (Å²) in [6, 6.07) is 9.38. The standard InChI is InChI=1S/C24H25F3N2O3/c1-15-23(31)29(20-5-3-2-4-6-20)14-17-13-19(11-12-21(17)32-15)28-22(30)16-7-9-18(10-8-16)24(25,26)27/h7-13,15,20H,2-6,14H2,1H3,(H,28,30). The second-order valence-electron chi connectivity index (χ2n) is 8.37. The van der Waals surface area contributed by atoms with Gasteiger partial charge >= 0.3 is 6.18 Å². The van der Waals surface area contributed by atoms with Gasteiger partial charge in [-0.05, 0) is 62.2 Å². The molecule has 1 fully saturated rings. The fourth-order valence-electron chi connectivity index (χ4n) is 4.35. The average molecular weight is 446 g/mol. The summed E-state index contributed by atoms with van der Waals surface area (Å²) in [6.45, 7) is 2.14. The van der Waals surface area contributed by atoms with Gasteiger partial charge in [0.05, 0.1) is 5.56 Å². The number of carbonyl (C=O) groups is 2. The summed E-state index contributed by atoms with van der Waals surface area (Å²) in [6.07, 6.45) is 0.271. The molecule has 0 aromatic heterocycles. The lowest BCUT2D eigenvalue weighted by atomic mass is 9.93. The Bertz CT molecular complexity index is 999. The zero-order chi connectivity index (χ0) is 22.9. The van der Waals surface area contributed by atoms with Crippen LogP contribution in [0.1, 0.15) is 60.5 Å². The van der Waals surface area contributed by atoms with E-state index >= 15 is 0 Å². The van der Waals surface area contributed by atoms with Crippen LogP contribution in [-0.2, 0) is 17.5 Å². The number of alkyl halides is 3. The number of anilines is 1. The quantitative estimate of drug-likeness (QED) is 0.687. The normalized spacial score (nSPS) is 19.7. The van der Waals surface area contributed by atoms with Crippen LogP contribution in [0.5, 0.6) is 5.75 Å². The third-order valence-electron chi connectivity index (χ3n) is 6.08. The van der Waals surface area contributed by atoms with Crippen LogP contribution in [0.2, 0.25) is 0 Å². The molecule has 5 nitrogen and oxygen atoms in total. The van der Waals surface area contributed by atoms with Gasteiger partial charge in [0, 0.05) is 29.4 Å². The Morgan fingerprint density at radius 1 is 1.06 bits per heavy atom. The summed E-state index contributed by atoms with van der Waals surface area (Å²) in [5, 5.41) is 2.72. The Labute approximate surface area is 184 Å². The molecule has 0 radical (unpaired) electrons. The van der Waals surface area contributed by atoms with Gasteiger partial charge in [-0.15, -0.1) is 0 Å². The number of ether oxygens (including phenoxy) is 1. The molecule has 32 heavy (non-hydrogen) atoms. The van der Waals surface area contributed by atoms with E-state index < -0.39 is 23.8 Å². The van der Waals surface area contributed by atoms with Crippen LogP contribution in [0.3, 0.4) is 0 Å². The number of hydrogen-bond acceptors (Lipinski definition) is 3. The number of fused-ring (bicyclic) bond motifs is 1. The van der Waals surface area contributed by atoms with Crippen LogP contribution in [0.25, 0.3) is 0 Å². The highest BCUT2D eigenvalue weighted by molar-refractivity contribution is 6.04. The number of nitrogens with one attached hydrogen (secondary N) is 1. The maximum atomic E-state index is 12.9. The summed E-state index contributed by atoms with van der Waals surface area (Å²) in [7, 11) is 0. The molecule has 1 aliphatic heterocycles. The van der Waals surface area contributed by atoms with Gasteiger partial charge < -0.3 is 15.0 Å². The minimum Gasteiger partial charge on any atom is -0.481 e. The fraction of sp³-hybridized carbons (Fsp3) is 0.417. The monoisotopic (exact) mass is 446 g/mol. The average Bonchev–Trinajstić information content (AvgIpc) is 2.90. The molecule has 1 N–H and O–H groups in total. The number of amides is 2. The van der Waals surface area contributed by atoms with Crippen LogP contribution < -0.4 is 10.1 Å². The molecule has 0 bridgehead atoms. The molecule has 2 aliphatic rings. The summed E-state index contributed by atoms with van der Waals surface area (Å²) in [5.74, 6) is 0.0434. The topological polar surface area (TPSA) is 58.6 Å². The number of carbonyl (C=O) groups excluding carboxylic acids is 2. The van der Waals surface area contributed by atoms with Crippen molar-refractivity contribution in [1.82, 2.24) is 4.90 Å². The predicted molar refractivity (Wildman–Crippen MR) is 113 cm³/mol. The van der Waals surface area contributed by atoms with Crippen molar-refractivity contribution in [1.29, 1.82) is 0 Å². The molecule has 1 atom stereocenters. The number of rotatable bonds is 3. The van der Waals surface area contributed by atoms with E-state index in [2.05, 4.69) is 5.32 Å². The van der Waals surface area contributed by atoms with Crippen molar-refractivity contribution in [3.8, 4) is 5.75 Å². The number of benzene rings is 2. The maximum Gasteiger partial charge on any atom is 0.416 e. The van der Waals surface area contributed by atoms with E-state index in [1.54, 1.807) is 25.1 Å².